The lowest BCUT2D eigenvalue weighted by molar-refractivity contribution is -0.114. The van der Waals surface area contributed by atoms with Crippen LogP contribution in [0.2, 0.25) is 5.02 Å². The lowest BCUT2D eigenvalue weighted by Crippen LogP contribution is -2.08. The third-order valence-corrected chi connectivity index (χ3v) is 4.36. The van der Waals surface area contributed by atoms with Gasteiger partial charge in [0.1, 0.15) is 11.5 Å². The highest BCUT2D eigenvalue weighted by Crippen LogP contribution is 2.27. The van der Waals surface area contributed by atoms with Crippen molar-refractivity contribution in [3.63, 3.8) is 0 Å². The molecule has 2 amide bonds. The van der Waals surface area contributed by atoms with E-state index in [1.807, 2.05) is 31.2 Å². The van der Waals surface area contributed by atoms with Crippen LogP contribution in [0, 0.1) is 6.92 Å². The van der Waals surface area contributed by atoms with E-state index < -0.39 is 0 Å². The van der Waals surface area contributed by atoms with Crippen LogP contribution in [0.4, 0.5) is 11.4 Å². The zero-order valence-corrected chi connectivity index (χ0v) is 16.2. The van der Waals surface area contributed by atoms with E-state index >= 15 is 0 Å². The van der Waals surface area contributed by atoms with E-state index in [9.17, 15) is 9.59 Å². The van der Waals surface area contributed by atoms with Crippen molar-refractivity contribution in [2.45, 2.75) is 13.8 Å². The number of aryl methyl sites for hydroxylation is 1. The zero-order valence-electron chi connectivity index (χ0n) is 15.5. The van der Waals surface area contributed by atoms with E-state index in [1.165, 1.54) is 13.0 Å². The Labute approximate surface area is 168 Å². The molecule has 3 aromatic rings. The maximum absolute atomic E-state index is 12.1. The zero-order chi connectivity index (χ0) is 20.1. The van der Waals surface area contributed by atoms with E-state index in [-0.39, 0.29) is 11.8 Å². The maximum Gasteiger partial charge on any atom is 0.248 e. The predicted molar refractivity (Wildman–Crippen MR) is 112 cm³/mol. The molecule has 0 spiro atoms. The molecule has 0 aliphatic heterocycles. The van der Waals surface area contributed by atoms with Gasteiger partial charge in [-0.05, 0) is 61.0 Å². The Kier molecular flexibility index (Phi) is 5.96. The molecule has 0 aliphatic rings. The number of carbonyl (C=O) groups excluding carboxylic acids is 2. The molecule has 5 nitrogen and oxygen atoms in total. The van der Waals surface area contributed by atoms with Gasteiger partial charge in [0.05, 0.1) is 0 Å². The van der Waals surface area contributed by atoms with Crippen LogP contribution in [0.1, 0.15) is 18.2 Å². The number of furan rings is 1. The number of halogens is 1. The standard InChI is InChI=1S/C22H19ClN2O3/c1-14-3-4-16(13-20(14)23)21-11-9-19(28-21)10-12-22(27)25-18-7-5-17(6-8-18)24-15(2)26/h3-13H,1-2H3,(H,24,26)(H,25,27)/b12-10+. The monoisotopic (exact) mass is 394 g/mol. The van der Waals surface area contributed by atoms with Gasteiger partial charge in [-0.3, -0.25) is 9.59 Å². The predicted octanol–water partition coefficient (Wildman–Crippen LogP) is 5.52. The number of carbonyl (C=O) groups is 2. The second-order valence-corrected chi connectivity index (χ2v) is 6.65. The molecule has 2 aromatic carbocycles. The summed E-state index contributed by atoms with van der Waals surface area (Å²) in [6.07, 6.45) is 2.99. The fraction of sp³-hybridized carbons (Fsp3) is 0.0909. The van der Waals surface area contributed by atoms with Gasteiger partial charge in [0, 0.05) is 35.0 Å². The average Bonchev–Trinajstić information content (AvgIpc) is 3.12. The second kappa shape index (κ2) is 8.59. The van der Waals surface area contributed by atoms with Gasteiger partial charge in [0.2, 0.25) is 11.8 Å². The number of anilines is 2. The van der Waals surface area contributed by atoms with Gasteiger partial charge in [-0.25, -0.2) is 0 Å². The van der Waals surface area contributed by atoms with Gasteiger partial charge in [0.25, 0.3) is 0 Å². The number of hydrogen-bond donors (Lipinski definition) is 2. The smallest absolute Gasteiger partial charge is 0.248 e. The van der Waals surface area contributed by atoms with Crippen LogP contribution >= 0.6 is 11.6 Å². The Morgan fingerprint density at radius 1 is 0.964 bits per heavy atom. The Morgan fingerprint density at radius 3 is 2.29 bits per heavy atom. The number of rotatable bonds is 5. The molecule has 28 heavy (non-hydrogen) atoms. The van der Waals surface area contributed by atoms with Crippen molar-refractivity contribution in [2.24, 2.45) is 0 Å². The molecule has 1 aromatic heterocycles. The molecular formula is C22H19ClN2O3. The van der Waals surface area contributed by atoms with Gasteiger partial charge < -0.3 is 15.1 Å². The Morgan fingerprint density at radius 2 is 1.64 bits per heavy atom. The van der Waals surface area contributed by atoms with Gasteiger partial charge >= 0.3 is 0 Å². The van der Waals surface area contributed by atoms with Gasteiger partial charge in [-0.1, -0.05) is 23.7 Å². The third kappa shape index (κ3) is 5.11. The SMILES string of the molecule is CC(=O)Nc1ccc(NC(=O)/C=C/c2ccc(-c3ccc(C)c(Cl)c3)o2)cc1. The summed E-state index contributed by atoms with van der Waals surface area (Å²) < 4.78 is 5.75. The molecule has 6 heteroatoms. The van der Waals surface area contributed by atoms with E-state index in [1.54, 1.807) is 36.4 Å². The molecule has 142 valence electrons. The lowest BCUT2D eigenvalue weighted by atomic mass is 10.1. The first-order chi connectivity index (χ1) is 13.4. The fourth-order valence-electron chi connectivity index (χ4n) is 2.53. The quantitative estimate of drug-likeness (QED) is 0.560. The lowest BCUT2D eigenvalue weighted by Gasteiger charge is -2.05. The molecule has 1 heterocycles. The summed E-state index contributed by atoms with van der Waals surface area (Å²) in [6.45, 7) is 3.38. The van der Waals surface area contributed by atoms with E-state index in [0.29, 0.717) is 27.9 Å². The van der Waals surface area contributed by atoms with Crippen molar-refractivity contribution in [3.05, 3.63) is 77.0 Å². The Bertz CT molecular complexity index is 1040. The summed E-state index contributed by atoms with van der Waals surface area (Å²) in [5.74, 6) is 0.799. The summed E-state index contributed by atoms with van der Waals surface area (Å²) in [4.78, 5) is 23.1. The van der Waals surface area contributed by atoms with E-state index in [4.69, 9.17) is 16.0 Å². The summed E-state index contributed by atoms with van der Waals surface area (Å²) in [5.41, 5.74) is 3.16. The minimum absolute atomic E-state index is 0.148. The average molecular weight is 395 g/mol. The third-order valence-electron chi connectivity index (χ3n) is 3.95. The van der Waals surface area contributed by atoms with Crippen molar-refractivity contribution < 1.29 is 14.0 Å². The largest absolute Gasteiger partial charge is 0.457 e. The van der Waals surface area contributed by atoms with Crippen molar-refractivity contribution >= 4 is 40.9 Å². The van der Waals surface area contributed by atoms with Crippen LogP contribution in [0.3, 0.4) is 0 Å². The molecule has 0 aliphatic carbocycles. The molecule has 0 radical (unpaired) electrons. The molecule has 3 rings (SSSR count). The highest BCUT2D eigenvalue weighted by molar-refractivity contribution is 6.31. The first kappa shape index (κ1) is 19.5. The summed E-state index contributed by atoms with van der Waals surface area (Å²) in [6, 6.07) is 16.2. The number of hydrogen-bond acceptors (Lipinski definition) is 3. The maximum atomic E-state index is 12.1. The van der Waals surface area contributed by atoms with Crippen LogP contribution in [-0.2, 0) is 9.59 Å². The molecule has 0 saturated carbocycles. The molecule has 0 fully saturated rings. The van der Waals surface area contributed by atoms with Crippen molar-refractivity contribution in [3.8, 4) is 11.3 Å². The van der Waals surface area contributed by atoms with Gasteiger partial charge in [-0.2, -0.15) is 0 Å². The summed E-state index contributed by atoms with van der Waals surface area (Å²) >= 11 is 6.16. The number of benzene rings is 2. The second-order valence-electron chi connectivity index (χ2n) is 6.25. The molecule has 0 bridgehead atoms. The Hall–Kier alpha value is -3.31. The summed E-state index contributed by atoms with van der Waals surface area (Å²) in [5, 5.41) is 6.09. The molecule has 0 atom stereocenters. The van der Waals surface area contributed by atoms with Gasteiger partial charge in [-0.15, -0.1) is 0 Å². The Balaban J connectivity index is 1.62. The fourth-order valence-corrected chi connectivity index (χ4v) is 2.71. The van der Waals surface area contributed by atoms with Crippen molar-refractivity contribution in [1.29, 1.82) is 0 Å². The van der Waals surface area contributed by atoms with E-state index in [2.05, 4.69) is 10.6 Å². The number of nitrogens with one attached hydrogen (secondary N) is 2. The summed E-state index contributed by atoms with van der Waals surface area (Å²) in [7, 11) is 0. The van der Waals surface area contributed by atoms with Crippen LogP contribution < -0.4 is 10.6 Å². The first-order valence-corrected chi connectivity index (χ1v) is 9.01. The molecule has 0 unspecified atom stereocenters. The van der Waals surface area contributed by atoms with Crippen molar-refractivity contribution in [1.82, 2.24) is 0 Å². The molecular weight excluding hydrogens is 376 g/mol. The van der Waals surface area contributed by atoms with Crippen LogP contribution in [-0.4, -0.2) is 11.8 Å². The van der Waals surface area contributed by atoms with Gasteiger partial charge in [0.15, 0.2) is 0 Å². The first-order valence-electron chi connectivity index (χ1n) is 8.64. The van der Waals surface area contributed by atoms with Crippen LogP contribution in [0.5, 0.6) is 0 Å². The minimum atomic E-state index is -0.288. The minimum Gasteiger partial charge on any atom is -0.457 e. The van der Waals surface area contributed by atoms with Crippen LogP contribution in [0.25, 0.3) is 17.4 Å². The molecule has 0 saturated heterocycles. The highest BCUT2D eigenvalue weighted by atomic mass is 35.5. The highest BCUT2D eigenvalue weighted by Gasteiger charge is 2.06. The van der Waals surface area contributed by atoms with E-state index in [0.717, 1.165) is 11.1 Å². The number of amides is 2. The van der Waals surface area contributed by atoms with Crippen molar-refractivity contribution in [2.75, 3.05) is 10.6 Å². The van der Waals surface area contributed by atoms with Crippen LogP contribution in [0.15, 0.2) is 65.1 Å². The molecule has 2 N–H and O–H groups in total. The topological polar surface area (TPSA) is 71.3 Å². The normalized spacial score (nSPS) is 10.8.